The van der Waals surface area contributed by atoms with Crippen LogP contribution in [0.4, 0.5) is 0 Å². The zero-order valence-electron chi connectivity index (χ0n) is 11.0. The maximum Gasteiger partial charge on any atom is 0.129 e. The van der Waals surface area contributed by atoms with Crippen LogP contribution in [0.3, 0.4) is 0 Å². The third-order valence-corrected chi connectivity index (χ3v) is 3.32. The number of fused-ring (bicyclic) bond motifs is 1. The quantitative estimate of drug-likeness (QED) is 0.860. The monoisotopic (exact) mass is 302 g/mol. The number of nitrogens with zero attached hydrogens (tertiary/aromatic N) is 1. The van der Waals surface area contributed by atoms with Gasteiger partial charge in [0.05, 0.1) is 16.3 Å². The molecular formula is C13H19ClN2O2S. The van der Waals surface area contributed by atoms with E-state index in [1.54, 1.807) is 6.20 Å². The van der Waals surface area contributed by atoms with Crippen LogP contribution < -0.4 is 10.1 Å². The van der Waals surface area contributed by atoms with Crippen LogP contribution in [0.1, 0.15) is 13.8 Å². The molecule has 0 amide bonds. The van der Waals surface area contributed by atoms with Gasteiger partial charge in [-0.3, -0.25) is 0 Å². The number of halogens is 1. The van der Waals surface area contributed by atoms with Crippen LogP contribution in [-0.4, -0.2) is 34.8 Å². The molecule has 0 aliphatic rings. The minimum Gasteiger partial charge on any atom is -0.490 e. The van der Waals surface area contributed by atoms with Gasteiger partial charge in [-0.15, -0.1) is 12.4 Å². The van der Waals surface area contributed by atoms with Crippen LogP contribution in [0, 0.1) is 0 Å². The summed E-state index contributed by atoms with van der Waals surface area (Å²) in [6.45, 7) is 4.92. The van der Waals surface area contributed by atoms with E-state index in [1.165, 1.54) is 11.5 Å². The fourth-order valence-corrected chi connectivity index (χ4v) is 2.27. The average Bonchev–Trinajstić information content (AvgIpc) is 2.82. The number of ether oxygens (including phenoxy) is 1. The summed E-state index contributed by atoms with van der Waals surface area (Å²) in [4.78, 5) is 0. The van der Waals surface area contributed by atoms with E-state index in [0.717, 1.165) is 15.8 Å². The second-order valence-electron chi connectivity index (χ2n) is 4.52. The standard InChI is InChI=1S/C13H18N2O2S.ClH/c1-9(2)14-6-10(16)8-17-12-4-3-5-13-11(12)7-15-18-13;/h3-5,7,9-10,14,16H,6,8H2,1-2H3;1H. The van der Waals surface area contributed by atoms with Crippen molar-refractivity contribution in [1.82, 2.24) is 9.69 Å². The molecule has 0 bridgehead atoms. The van der Waals surface area contributed by atoms with E-state index in [0.29, 0.717) is 12.6 Å². The molecular weight excluding hydrogens is 284 g/mol. The van der Waals surface area contributed by atoms with Gasteiger partial charge in [0, 0.05) is 12.6 Å². The lowest BCUT2D eigenvalue weighted by Gasteiger charge is -2.15. The summed E-state index contributed by atoms with van der Waals surface area (Å²) in [7, 11) is 0. The highest BCUT2D eigenvalue weighted by Crippen LogP contribution is 2.27. The van der Waals surface area contributed by atoms with Crippen molar-refractivity contribution in [1.29, 1.82) is 0 Å². The molecule has 0 saturated carbocycles. The van der Waals surface area contributed by atoms with Crippen molar-refractivity contribution >= 4 is 34.0 Å². The van der Waals surface area contributed by atoms with Gasteiger partial charge in [0.1, 0.15) is 18.5 Å². The lowest BCUT2D eigenvalue weighted by molar-refractivity contribution is 0.105. The van der Waals surface area contributed by atoms with E-state index in [9.17, 15) is 5.11 Å². The number of benzene rings is 1. The van der Waals surface area contributed by atoms with Crippen molar-refractivity contribution in [2.24, 2.45) is 0 Å². The molecule has 1 heterocycles. The number of nitrogens with one attached hydrogen (secondary N) is 1. The van der Waals surface area contributed by atoms with Crippen molar-refractivity contribution in [3.63, 3.8) is 0 Å². The highest BCUT2D eigenvalue weighted by Gasteiger charge is 2.08. The molecule has 2 aromatic rings. The van der Waals surface area contributed by atoms with Crippen molar-refractivity contribution in [2.75, 3.05) is 13.2 Å². The van der Waals surface area contributed by atoms with E-state index >= 15 is 0 Å². The number of aromatic nitrogens is 1. The average molecular weight is 303 g/mol. The smallest absolute Gasteiger partial charge is 0.129 e. The van der Waals surface area contributed by atoms with Gasteiger partial charge in [0.15, 0.2) is 0 Å². The van der Waals surface area contributed by atoms with Gasteiger partial charge >= 0.3 is 0 Å². The highest BCUT2D eigenvalue weighted by atomic mass is 35.5. The Labute approximate surface area is 123 Å². The van der Waals surface area contributed by atoms with E-state index < -0.39 is 6.10 Å². The minimum absolute atomic E-state index is 0. The molecule has 0 saturated heterocycles. The first-order chi connectivity index (χ1) is 8.66. The SMILES string of the molecule is CC(C)NCC(O)COc1cccc2sncc12.Cl. The Morgan fingerprint density at radius 2 is 2.21 bits per heavy atom. The molecule has 4 nitrogen and oxygen atoms in total. The molecule has 1 aromatic heterocycles. The van der Waals surface area contributed by atoms with Crippen LogP contribution in [0.25, 0.3) is 10.1 Å². The van der Waals surface area contributed by atoms with Crippen molar-refractivity contribution in [3.05, 3.63) is 24.4 Å². The lowest BCUT2D eigenvalue weighted by Crippen LogP contribution is -2.35. The molecule has 1 atom stereocenters. The molecule has 6 heteroatoms. The maximum absolute atomic E-state index is 9.78. The van der Waals surface area contributed by atoms with Crippen LogP contribution in [0.5, 0.6) is 5.75 Å². The van der Waals surface area contributed by atoms with Crippen molar-refractivity contribution < 1.29 is 9.84 Å². The first-order valence-electron chi connectivity index (χ1n) is 6.04. The maximum atomic E-state index is 9.78. The van der Waals surface area contributed by atoms with Crippen LogP contribution in [0.15, 0.2) is 24.4 Å². The normalized spacial score (nSPS) is 12.4. The Hall–Kier alpha value is -0.880. The summed E-state index contributed by atoms with van der Waals surface area (Å²) in [5, 5.41) is 14.0. The summed E-state index contributed by atoms with van der Waals surface area (Å²) in [6, 6.07) is 6.22. The van der Waals surface area contributed by atoms with Crippen molar-refractivity contribution in [3.8, 4) is 5.75 Å². The third kappa shape index (κ3) is 4.62. The summed E-state index contributed by atoms with van der Waals surface area (Å²) >= 11 is 1.45. The van der Waals surface area contributed by atoms with E-state index in [4.69, 9.17) is 4.74 Å². The molecule has 2 rings (SSSR count). The Morgan fingerprint density at radius 1 is 1.42 bits per heavy atom. The largest absolute Gasteiger partial charge is 0.490 e. The summed E-state index contributed by atoms with van der Waals surface area (Å²) in [5.41, 5.74) is 0. The predicted octanol–water partition coefficient (Wildman–Crippen LogP) is 2.46. The number of hydrogen-bond acceptors (Lipinski definition) is 5. The summed E-state index contributed by atoms with van der Waals surface area (Å²) in [5.74, 6) is 0.782. The number of aliphatic hydroxyl groups is 1. The highest BCUT2D eigenvalue weighted by molar-refractivity contribution is 7.13. The summed E-state index contributed by atoms with van der Waals surface area (Å²) < 4.78 is 10.9. The molecule has 19 heavy (non-hydrogen) atoms. The van der Waals surface area contributed by atoms with Crippen LogP contribution >= 0.6 is 23.9 Å². The lowest BCUT2D eigenvalue weighted by atomic mass is 10.2. The Balaban J connectivity index is 0.00000180. The molecule has 1 aromatic carbocycles. The molecule has 0 fully saturated rings. The predicted molar refractivity (Wildman–Crippen MR) is 81.5 cm³/mol. The van der Waals surface area contributed by atoms with E-state index in [1.807, 2.05) is 32.0 Å². The Bertz CT molecular complexity index is 504. The first-order valence-corrected chi connectivity index (χ1v) is 6.82. The number of hydrogen-bond donors (Lipinski definition) is 2. The van der Waals surface area contributed by atoms with Gasteiger partial charge in [-0.2, -0.15) is 4.37 Å². The van der Waals surface area contributed by atoms with Gasteiger partial charge in [-0.25, -0.2) is 0 Å². The van der Waals surface area contributed by atoms with Gasteiger partial charge in [0.25, 0.3) is 0 Å². The molecule has 2 N–H and O–H groups in total. The number of rotatable bonds is 6. The molecule has 106 valence electrons. The zero-order chi connectivity index (χ0) is 13.0. The van der Waals surface area contributed by atoms with Gasteiger partial charge in [0.2, 0.25) is 0 Å². The second kappa shape index (κ2) is 7.65. The van der Waals surface area contributed by atoms with E-state index in [2.05, 4.69) is 9.69 Å². The first kappa shape index (κ1) is 16.2. The van der Waals surface area contributed by atoms with Gasteiger partial charge < -0.3 is 15.2 Å². The molecule has 0 aliphatic carbocycles. The minimum atomic E-state index is -0.505. The van der Waals surface area contributed by atoms with Gasteiger partial charge in [-0.1, -0.05) is 19.9 Å². The second-order valence-corrected chi connectivity index (χ2v) is 5.35. The fraction of sp³-hybridized carbons (Fsp3) is 0.462. The molecule has 0 radical (unpaired) electrons. The Kier molecular flexibility index (Phi) is 6.51. The van der Waals surface area contributed by atoms with Crippen molar-refractivity contribution in [2.45, 2.75) is 26.0 Å². The van der Waals surface area contributed by atoms with Crippen LogP contribution in [0.2, 0.25) is 0 Å². The zero-order valence-corrected chi connectivity index (χ0v) is 12.6. The van der Waals surface area contributed by atoms with Crippen LogP contribution in [-0.2, 0) is 0 Å². The molecule has 1 unspecified atom stereocenters. The topological polar surface area (TPSA) is 54.4 Å². The molecule has 0 spiro atoms. The van der Waals surface area contributed by atoms with E-state index in [-0.39, 0.29) is 19.0 Å². The fourth-order valence-electron chi connectivity index (χ4n) is 1.61. The Morgan fingerprint density at radius 3 is 2.95 bits per heavy atom. The van der Waals surface area contributed by atoms with Gasteiger partial charge in [-0.05, 0) is 23.7 Å². The number of aliphatic hydroxyl groups excluding tert-OH is 1. The molecule has 0 aliphatic heterocycles. The summed E-state index contributed by atoms with van der Waals surface area (Å²) in [6.07, 6.45) is 1.29. The third-order valence-electron chi connectivity index (χ3n) is 2.55.